The number of alkyl halides is 3. The number of rotatable bonds is 5. The highest BCUT2D eigenvalue weighted by molar-refractivity contribution is 8.03. The first kappa shape index (κ1) is 20.0. The SMILES string of the molecule is C[C@@H](OC(=O)C(F)(F)F)[C@H]1C(=O)N2C(C(=O)O)=C(Oc3ccsc3C#N)S[C@H]12. The van der Waals surface area contributed by atoms with Gasteiger partial charge in [-0.2, -0.15) is 18.4 Å². The predicted octanol–water partition coefficient (Wildman–Crippen LogP) is 2.28. The second-order valence-corrected chi connectivity index (χ2v) is 7.63. The number of hydrogen-bond donors (Lipinski definition) is 1. The first-order chi connectivity index (χ1) is 13.1. The Morgan fingerprint density at radius 1 is 1.43 bits per heavy atom. The summed E-state index contributed by atoms with van der Waals surface area (Å²) in [5.74, 6) is -5.80. The van der Waals surface area contributed by atoms with Crippen molar-refractivity contribution in [1.29, 1.82) is 5.26 Å². The molecule has 0 aliphatic carbocycles. The van der Waals surface area contributed by atoms with Crippen molar-refractivity contribution in [3.8, 4) is 11.8 Å². The van der Waals surface area contributed by atoms with E-state index < -0.39 is 47.1 Å². The van der Waals surface area contributed by atoms with Crippen LogP contribution in [0.25, 0.3) is 0 Å². The van der Waals surface area contributed by atoms with Gasteiger partial charge in [-0.05, 0) is 18.4 Å². The van der Waals surface area contributed by atoms with Crippen molar-refractivity contribution in [3.63, 3.8) is 0 Å². The van der Waals surface area contributed by atoms with Gasteiger partial charge >= 0.3 is 18.1 Å². The van der Waals surface area contributed by atoms with Crippen LogP contribution < -0.4 is 4.74 Å². The molecule has 0 radical (unpaired) electrons. The zero-order valence-electron chi connectivity index (χ0n) is 13.7. The number of ether oxygens (including phenoxy) is 2. The lowest BCUT2D eigenvalue weighted by Gasteiger charge is -2.43. The van der Waals surface area contributed by atoms with Crippen molar-refractivity contribution in [2.75, 3.05) is 0 Å². The molecule has 0 spiro atoms. The van der Waals surface area contributed by atoms with E-state index in [1.165, 1.54) is 6.07 Å². The van der Waals surface area contributed by atoms with Crippen LogP contribution in [-0.4, -0.2) is 45.5 Å². The van der Waals surface area contributed by atoms with Gasteiger partial charge in [0, 0.05) is 0 Å². The third-order valence-electron chi connectivity index (χ3n) is 3.91. The first-order valence-corrected chi connectivity index (χ1v) is 9.22. The normalized spacial score (nSPS) is 22.2. The Morgan fingerprint density at radius 3 is 2.68 bits per heavy atom. The Morgan fingerprint density at radius 2 is 2.11 bits per heavy atom. The van der Waals surface area contributed by atoms with Crippen molar-refractivity contribution >= 4 is 40.9 Å². The van der Waals surface area contributed by atoms with E-state index in [2.05, 4.69) is 4.74 Å². The molecule has 3 heterocycles. The maximum atomic E-state index is 12.4. The lowest BCUT2D eigenvalue weighted by molar-refractivity contribution is -0.209. The Hall–Kier alpha value is -2.72. The van der Waals surface area contributed by atoms with E-state index in [4.69, 9.17) is 10.00 Å². The van der Waals surface area contributed by atoms with Crippen LogP contribution in [0.4, 0.5) is 13.2 Å². The maximum Gasteiger partial charge on any atom is 0.490 e. The number of nitrogens with zero attached hydrogens (tertiary/aromatic N) is 2. The summed E-state index contributed by atoms with van der Waals surface area (Å²) in [4.78, 5) is 36.0. The van der Waals surface area contributed by atoms with E-state index in [0.29, 0.717) is 0 Å². The molecule has 0 bridgehead atoms. The number of thioether (sulfide) groups is 1. The van der Waals surface area contributed by atoms with E-state index in [0.717, 1.165) is 34.9 Å². The van der Waals surface area contributed by atoms with Gasteiger partial charge < -0.3 is 14.6 Å². The van der Waals surface area contributed by atoms with E-state index in [1.807, 2.05) is 6.07 Å². The number of halogens is 3. The van der Waals surface area contributed by atoms with Crippen LogP contribution in [0, 0.1) is 17.2 Å². The second-order valence-electron chi connectivity index (χ2n) is 5.62. The molecule has 2 aliphatic heterocycles. The summed E-state index contributed by atoms with van der Waals surface area (Å²) in [6.45, 7) is 1.12. The number of hydrogen-bond acceptors (Lipinski definition) is 8. The highest BCUT2D eigenvalue weighted by atomic mass is 32.2. The summed E-state index contributed by atoms with van der Waals surface area (Å²) in [5, 5.41) is 18.9. The highest BCUT2D eigenvalue weighted by Crippen LogP contribution is 2.51. The second kappa shape index (κ2) is 7.02. The van der Waals surface area contributed by atoms with Crippen LogP contribution in [0.3, 0.4) is 0 Å². The highest BCUT2D eigenvalue weighted by Gasteiger charge is 2.60. The number of β-lactam (4-membered cyclic amide) rings is 1. The largest absolute Gasteiger partial charge is 0.490 e. The maximum absolute atomic E-state index is 12.4. The van der Waals surface area contributed by atoms with Gasteiger partial charge in [0.2, 0.25) is 5.91 Å². The summed E-state index contributed by atoms with van der Waals surface area (Å²) in [6, 6.07) is 3.32. The quantitative estimate of drug-likeness (QED) is 0.554. The molecule has 0 saturated carbocycles. The van der Waals surface area contributed by atoms with Crippen LogP contribution in [0.2, 0.25) is 0 Å². The van der Waals surface area contributed by atoms with Crippen LogP contribution in [-0.2, 0) is 19.1 Å². The Balaban J connectivity index is 1.80. The van der Waals surface area contributed by atoms with E-state index >= 15 is 0 Å². The summed E-state index contributed by atoms with van der Waals surface area (Å²) < 4.78 is 46.9. The van der Waals surface area contributed by atoms with Gasteiger partial charge in [-0.15, -0.1) is 11.3 Å². The molecule has 1 saturated heterocycles. The molecule has 28 heavy (non-hydrogen) atoms. The van der Waals surface area contributed by atoms with Crippen molar-refractivity contribution in [2.45, 2.75) is 24.6 Å². The number of esters is 1. The van der Waals surface area contributed by atoms with Crippen molar-refractivity contribution < 1.29 is 42.1 Å². The zero-order valence-corrected chi connectivity index (χ0v) is 15.4. The standard InChI is InChI=1S/C15H9F3N2O6S2/c1-5(25-14(24)15(16,17)18)8-10(21)20-9(12(22)23)13(28-11(8)20)26-6-2-3-27-7(6)4-19/h2-3,5,8,11H,1H3,(H,22,23)/t5-,8+,11-/m1/s1. The molecule has 0 aromatic carbocycles. The smallest absolute Gasteiger partial charge is 0.476 e. The Labute approximate surface area is 163 Å². The predicted molar refractivity (Wildman–Crippen MR) is 87.6 cm³/mol. The molecule has 1 aromatic heterocycles. The third kappa shape index (κ3) is 3.29. The molecular weight excluding hydrogens is 425 g/mol. The molecule has 8 nitrogen and oxygen atoms in total. The number of aliphatic carboxylic acids is 1. The number of thiophene rings is 1. The number of carboxylic acid groups (broad SMARTS) is 1. The number of fused-ring (bicyclic) bond motifs is 1. The summed E-state index contributed by atoms with van der Waals surface area (Å²) in [7, 11) is 0. The third-order valence-corrected chi connectivity index (χ3v) is 5.95. The monoisotopic (exact) mass is 434 g/mol. The fraction of sp³-hybridized carbons (Fsp3) is 0.333. The molecular formula is C15H9F3N2O6S2. The first-order valence-electron chi connectivity index (χ1n) is 7.46. The summed E-state index contributed by atoms with van der Waals surface area (Å²) in [5.41, 5.74) is -0.485. The minimum atomic E-state index is -5.21. The minimum Gasteiger partial charge on any atom is -0.476 e. The fourth-order valence-corrected chi connectivity index (χ4v) is 4.74. The lowest BCUT2D eigenvalue weighted by Crippen LogP contribution is -2.61. The van der Waals surface area contributed by atoms with E-state index in [-0.39, 0.29) is 15.7 Å². The van der Waals surface area contributed by atoms with E-state index in [9.17, 15) is 32.7 Å². The number of carbonyl (C=O) groups is 3. The van der Waals surface area contributed by atoms with Crippen molar-refractivity contribution in [1.82, 2.24) is 4.90 Å². The van der Waals surface area contributed by atoms with Gasteiger partial charge in [0.1, 0.15) is 28.3 Å². The fourth-order valence-electron chi connectivity index (χ4n) is 2.68. The molecule has 13 heteroatoms. The number of carboxylic acids is 1. The molecule has 3 rings (SSSR count). The molecule has 148 valence electrons. The van der Waals surface area contributed by atoms with Crippen molar-refractivity contribution in [2.24, 2.45) is 5.92 Å². The van der Waals surface area contributed by atoms with Gasteiger partial charge in [0.15, 0.2) is 16.5 Å². The number of nitriles is 1. The Kier molecular flexibility index (Phi) is 5.02. The van der Waals surface area contributed by atoms with E-state index in [1.54, 1.807) is 5.38 Å². The number of carbonyl (C=O) groups excluding carboxylic acids is 2. The van der Waals surface area contributed by atoms with Crippen LogP contribution in [0.15, 0.2) is 22.2 Å². The van der Waals surface area contributed by atoms with Gasteiger partial charge in [-0.25, -0.2) is 9.59 Å². The van der Waals surface area contributed by atoms with Crippen molar-refractivity contribution in [3.05, 3.63) is 27.1 Å². The molecule has 0 unspecified atom stereocenters. The van der Waals surface area contributed by atoms with Gasteiger partial charge in [-0.3, -0.25) is 9.69 Å². The molecule has 1 amide bonds. The number of amides is 1. The molecule has 1 aromatic rings. The van der Waals surface area contributed by atoms with Crippen LogP contribution in [0.5, 0.6) is 5.75 Å². The van der Waals surface area contributed by atoms with Crippen LogP contribution >= 0.6 is 23.1 Å². The van der Waals surface area contributed by atoms with Gasteiger partial charge in [-0.1, -0.05) is 11.8 Å². The summed E-state index contributed by atoms with van der Waals surface area (Å²) in [6.07, 6.45) is -6.64. The van der Waals surface area contributed by atoms with Crippen LogP contribution in [0.1, 0.15) is 11.8 Å². The average Bonchev–Trinajstić information content (AvgIpc) is 3.16. The lowest BCUT2D eigenvalue weighted by atomic mass is 9.92. The topological polar surface area (TPSA) is 117 Å². The molecule has 1 fully saturated rings. The molecule has 1 N–H and O–H groups in total. The summed E-state index contributed by atoms with van der Waals surface area (Å²) >= 11 is 1.86. The Bertz CT molecular complexity index is 935. The molecule has 3 atom stereocenters. The zero-order chi connectivity index (χ0) is 20.8. The minimum absolute atomic E-state index is 0.0943. The van der Waals surface area contributed by atoms with Gasteiger partial charge in [0.05, 0.1) is 0 Å². The molecule has 2 aliphatic rings. The van der Waals surface area contributed by atoms with Gasteiger partial charge in [0.25, 0.3) is 0 Å². The average molecular weight is 434 g/mol.